The van der Waals surface area contributed by atoms with Crippen LogP contribution in [0.3, 0.4) is 0 Å². The van der Waals surface area contributed by atoms with E-state index in [1.807, 2.05) is 13.0 Å². The summed E-state index contributed by atoms with van der Waals surface area (Å²) in [7, 11) is -7.99. The van der Waals surface area contributed by atoms with Crippen molar-refractivity contribution in [3.8, 4) is 11.5 Å². The molecule has 3 aromatic rings. The van der Waals surface area contributed by atoms with Crippen LogP contribution in [0, 0.1) is 24.3 Å². The van der Waals surface area contributed by atoms with Crippen molar-refractivity contribution in [1.82, 2.24) is 9.97 Å². The molecule has 0 bridgehead atoms. The van der Waals surface area contributed by atoms with Crippen LogP contribution in [0.25, 0.3) is 0 Å². The number of rotatable bonds is 13. The standard InChI is InChI=1S/C39H56N4O6S2Si2/c1-24(2)53(25(3)4,26(5)6)49-35-19-31(18-30(35)22-48-51(40,45)46)43-39-34(21-41-23-42-39)37(44)36-20-32(27(7)50-36)38-33-17-28(14-16-52(8,9)10)11-12-29(33)13-15-47-38/h11-12,17,20-21,23-26,30-31,35,38H,13,15,18-19,22H2,1-10H3,(H2,40,45,46)(H,41,42,43)/t30-,31-,35+,38+/m1/s1. The molecular formula is C39H56N4O6S2Si2. The quantitative estimate of drug-likeness (QED) is 0.100. The summed E-state index contributed by atoms with van der Waals surface area (Å²) in [6.07, 6.45) is 4.43. The predicted octanol–water partition coefficient (Wildman–Crippen LogP) is 7.94. The van der Waals surface area contributed by atoms with Gasteiger partial charge < -0.3 is 14.5 Å². The van der Waals surface area contributed by atoms with Crippen LogP contribution >= 0.6 is 11.3 Å². The topological polar surface area (TPSA) is 143 Å². The SMILES string of the molecule is Cc1sc(C(=O)c2cncnc2N[C@@H]2C[C@H](COS(N)(=O)=O)[C@@H](O[Si](C(C)C)(C(C)C)C(C)C)C2)cc1[C@@H]1OCCc2ccc(C#C[Si](C)(C)C)cc21. The molecule has 14 heteroatoms. The van der Waals surface area contributed by atoms with E-state index in [9.17, 15) is 13.2 Å². The monoisotopic (exact) mass is 796 g/mol. The zero-order chi connectivity index (χ0) is 38.9. The number of anilines is 1. The van der Waals surface area contributed by atoms with Crippen LogP contribution in [0.5, 0.6) is 0 Å². The van der Waals surface area contributed by atoms with Crippen molar-refractivity contribution in [1.29, 1.82) is 0 Å². The molecule has 3 heterocycles. The lowest BCUT2D eigenvalue weighted by atomic mass is 9.91. The Labute approximate surface area is 322 Å². The zero-order valence-electron chi connectivity index (χ0n) is 32.8. The average Bonchev–Trinajstić information content (AvgIpc) is 3.65. The van der Waals surface area contributed by atoms with E-state index >= 15 is 0 Å². The first-order chi connectivity index (χ1) is 24.8. The molecular weight excluding hydrogens is 741 g/mol. The van der Waals surface area contributed by atoms with E-state index in [2.05, 4.69) is 106 Å². The highest BCUT2D eigenvalue weighted by Crippen LogP contribution is 2.46. The number of nitrogens with zero attached hydrogens (tertiary/aromatic N) is 2. The summed E-state index contributed by atoms with van der Waals surface area (Å²) in [6, 6.07) is 8.20. The number of ether oxygens (including phenoxy) is 1. The highest BCUT2D eigenvalue weighted by Gasteiger charge is 2.49. The van der Waals surface area contributed by atoms with Gasteiger partial charge in [0, 0.05) is 28.6 Å². The molecule has 1 aliphatic heterocycles. The minimum Gasteiger partial charge on any atom is -0.413 e. The predicted molar refractivity (Wildman–Crippen MR) is 218 cm³/mol. The average molecular weight is 797 g/mol. The van der Waals surface area contributed by atoms with Gasteiger partial charge >= 0.3 is 10.3 Å². The number of aromatic nitrogens is 2. The molecule has 1 aromatic carbocycles. The van der Waals surface area contributed by atoms with Gasteiger partial charge in [0.2, 0.25) is 14.1 Å². The van der Waals surface area contributed by atoms with Gasteiger partial charge in [0.25, 0.3) is 0 Å². The van der Waals surface area contributed by atoms with E-state index in [4.69, 9.17) is 18.5 Å². The van der Waals surface area contributed by atoms with Crippen molar-refractivity contribution in [2.75, 3.05) is 18.5 Å². The Morgan fingerprint density at radius 1 is 1.08 bits per heavy atom. The Bertz CT molecular complexity index is 1940. The van der Waals surface area contributed by atoms with Gasteiger partial charge in [0.05, 0.1) is 29.8 Å². The van der Waals surface area contributed by atoms with Crippen molar-refractivity contribution in [3.05, 3.63) is 74.4 Å². The van der Waals surface area contributed by atoms with Crippen LogP contribution in [-0.4, -0.2) is 65.9 Å². The van der Waals surface area contributed by atoms with Crippen molar-refractivity contribution in [2.24, 2.45) is 11.1 Å². The summed E-state index contributed by atoms with van der Waals surface area (Å²) in [5.74, 6) is 3.41. The number of thiophene rings is 1. The Hall–Kier alpha value is -2.75. The first kappa shape index (κ1) is 41.4. The molecule has 1 aliphatic carbocycles. The molecule has 5 rings (SSSR count). The molecule has 4 atom stereocenters. The lowest BCUT2D eigenvalue weighted by Crippen LogP contribution is -2.51. The Morgan fingerprint density at radius 3 is 2.42 bits per heavy atom. The van der Waals surface area contributed by atoms with E-state index < -0.39 is 26.7 Å². The van der Waals surface area contributed by atoms with Crippen LogP contribution in [0.4, 0.5) is 5.82 Å². The summed E-state index contributed by atoms with van der Waals surface area (Å²) in [5, 5.41) is 8.77. The number of nitrogens with two attached hydrogens (primary N) is 1. The molecule has 10 nitrogen and oxygen atoms in total. The van der Waals surface area contributed by atoms with Crippen molar-refractivity contribution in [3.63, 3.8) is 0 Å². The Balaban J connectivity index is 1.40. The number of aryl methyl sites for hydroxylation is 1. The van der Waals surface area contributed by atoms with Gasteiger partial charge in [-0.2, -0.15) is 8.42 Å². The van der Waals surface area contributed by atoms with E-state index in [1.165, 1.54) is 23.2 Å². The molecule has 0 radical (unpaired) electrons. The number of fused-ring (bicyclic) bond motifs is 1. The second kappa shape index (κ2) is 16.5. The summed E-state index contributed by atoms with van der Waals surface area (Å²) in [4.78, 5) is 24.6. The second-order valence-corrected chi connectivity index (χ2v) is 29.1. The summed E-state index contributed by atoms with van der Waals surface area (Å²) in [5.41, 5.74) is 9.16. The number of hydrogen-bond acceptors (Lipinski definition) is 10. The lowest BCUT2D eigenvalue weighted by Gasteiger charge is -2.45. The van der Waals surface area contributed by atoms with Gasteiger partial charge in [-0.3, -0.25) is 8.98 Å². The fourth-order valence-corrected chi connectivity index (χ4v) is 15.7. The van der Waals surface area contributed by atoms with E-state index in [0.29, 0.717) is 52.3 Å². The molecule has 288 valence electrons. The van der Waals surface area contributed by atoms with Gasteiger partial charge in [-0.1, -0.05) is 73.2 Å². The number of ketones is 1. The molecule has 2 aromatic heterocycles. The largest absolute Gasteiger partial charge is 0.413 e. The Kier molecular flexibility index (Phi) is 12.9. The van der Waals surface area contributed by atoms with Gasteiger partial charge in [0.1, 0.15) is 26.3 Å². The van der Waals surface area contributed by atoms with Gasteiger partial charge in [-0.15, -0.1) is 16.9 Å². The summed E-state index contributed by atoms with van der Waals surface area (Å²) in [6.45, 7) is 22.6. The maximum atomic E-state index is 14.2. The lowest BCUT2D eigenvalue weighted by molar-refractivity contribution is 0.0697. The Morgan fingerprint density at radius 2 is 1.77 bits per heavy atom. The zero-order valence-corrected chi connectivity index (χ0v) is 36.4. The third-order valence-corrected chi connectivity index (χ3v) is 19.1. The first-order valence-electron chi connectivity index (χ1n) is 18.6. The van der Waals surface area contributed by atoms with Gasteiger partial charge in [-0.05, 0) is 77.7 Å². The van der Waals surface area contributed by atoms with Crippen LogP contribution in [0.1, 0.15) is 103 Å². The molecule has 3 N–H and O–H groups in total. The van der Waals surface area contributed by atoms with Gasteiger partial charge in [0.15, 0.2) is 0 Å². The smallest absolute Gasteiger partial charge is 0.333 e. The normalized spacial score (nSPS) is 20.8. The van der Waals surface area contributed by atoms with Crippen LogP contribution in [-0.2, 0) is 30.1 Å². The third kappa shape index (κ3) is 9.74. The van der Waals surface area contributed by atoms with Crippen molar-refractivity contribution in [2.45, 2.75) is 122 Å². The number of benzene rings is 1. The molecule has 2 aliphatic rings. The number of nitrogens with one attached hydrogen (secondary N) is 1. The number of hydrogen-bond donors (Lipinski definition) is 2. The fourth-order valence-electron chi connectivity index (χ4n) is 8.22. The molecule has 53 heavy (non-hydrogen) atoms. The maximum Gasteiger partial charge on any atom is 0.333 e. The molecule has 0 saturated heterocycles. The van der Waals surface area contributed by atoms with Crippen molar-refractivity contribution >= 4 is 49.6 Å². The number of carbonyl (C=O) groups excluding carboxylic acids is 1. The van der Waals surface area contributed by atoms with Gasteiger partial charge in [-0.25, -0.2) is 15.1 Å². The fraction of sp³-hybridized carbons (Fsp3) is 0.564. The van der Waals surface area contributed by atoms with E-state index in [1.54, 1.807) is 6.20 Å². The maximum absolute atomic E-state index is 14.2. The summed E-state index contributed by atoms with van der Waals surface area (Å²) >= 11 is 1.44. The highest BCUT2D eigenvalue weighted by molar-refractivity contribution is 7.84. The minimum atomic E-state index is -4.13. The minimum absolute atomic E-state index is 0.0774. The molecule has 1 saturated carbocycles. The first-order valence-corrected chi connectivity index (χ1v) is 26.6. The van der Waals surface area contributed by atoms with Crippen LogP contribution in [0.15, 0.2) is 36.8 Å². The molecule has 0 unspecified atom stereocenters. The second-order valence-electron chi connectivity index (χ2n) is 16.5. The molecule has 1 fully saturated rings. The van der Waals surface area contributed by atoms with E-state index in [-0.39, 0.29) is 36.6 Å². The molecule has 0 amide bonds. The third-order valence-electron chi connectivity index (χ3n) is 10.6. The highest BCUT2D eigenvalue weighted by atomic mass is 32.2. The van der Waals surface area contributed by atoms with E-state index in [0.717, 1.165) is 28.0 Å². The van der Waals surface area contributed by atoms with Crippen molar-refractivity contribution < 1.29 is 26.6 Å². The molecule has 0 spiro atoms. The number of carbonyl (C=O) groups is 1. The summed E-state index contributed by atoms with van der Waals surface area (Å²) < 4.78 is 42.4. The van der Waals surface area contributed by atoms with Crippen LogP contribution < -0.4 is 10.5 Å². The van der Waals surface area contributed by atoms with Crippen LogP contribution in [0.2, 0.25) is 36.3 Å².